The molecule has 0 aliphatic rings. The lowest BCUT2D eigenvalue weighted by atomic mass is 10.1. The molecule has 2 N–H and O–H groups in total. The molecule has 0 saturated carbocycles. The van der Waals surface area contributed by atoms with Crippen molar-refractivity contribution in [3.8, 4) is 11.5 Å². The van der Waals surface area contributed by atoms with Crippen molar-refractivity contribution in [1.82, 2.24) is 0 Å². The summed E-state index contributed by atoms with van der Waals surface area (Å²) in [4.78, 5) is 0. The van der Waals surface area contributed by atoms with Crippen LogP contribution < -0.4 is 15.2 Å². The van der Waals surface area contributed by atoms with Crippen molar-refractivity contribution < 1.29 is 13.9 Å². The SMILES string of the molecule is COc1c(N)cc(OC)c2c(C)c(C)oc12.Cl. The molecule has 94 valence electrons. The molecule has 2 rings (SSSR count). The molecular weight excluding hydrogens is 242 g/mol. The minimum atomic E-state index is 0. The highest BCUT2D eigenvalue weighted by Crippen LogP contribution is 2.42. The minimum absolute atomic E-state index is 0. The van der Waals surface area contributed by atoms with Crippen LogP contribution in [0.3, 0.4) is 0 Å². The average Bonchev–Trinajstić information content (AvgIpc) is 2.55. The first-order valence-corrected chi connectivity index (χ1v) is 5.00. The monoisotopic (exact) mass is 257 g/mol. The van der Waals surface area contributed by atoms with Gasteiger partial charge in [-0.15, -0.1) is 12.4 Å². The number of hydrogen-bond donors (Lipinski definition) is 1. The smallest absolute Gasteiger partial charge is 0.185 e. The van der Waals surface area contributed by atoms with Crippen molar-refractivity contribution in [2.45, 2.75) is 13.8 Å². The summed E-state index contributed by atoms with van der Waals surface area (Å²) in [7, 11) is 3.19. The Morgan fingerprint density at radius 2 is 1.82 bits per heavy atom. The van der Waals surface area contributed by atoms with Gasteiger partial charge in [0.1, 0.15) is 11.5 Å². The van der Waals surface area contributed by atoms with Gasteiger partial charge < -0.3 is 19.6 Å². The number of nitrogens with two attached hydrogens (primary N) is 1. The number of benzene rings is 1. The third-order valence-electron chi connectivity index (χ3n) is 2.81. The second-order valence-electron chi connectivity index (χ2n) is 3.69. The zero-order chi connectivity index (χ0) is 11.9. The highest BCUT2D eigenvalue weighted by molar-refractivity contribution is 5.96. The molecule has 1 aromatic carbocycles. The average molecular weight is 258 g/mol. The van der Waals surface area contributed by atoms with Crippen LogP contribution in [-0.4, -0.2) is 14.2 Å². The fourth-order valence-corrected chi connectivity index (χ4v) is 1.87. The van der Waals surface area contributed by atoms with E-state index in [1.165, 1.54) is 0 Å². The van der Waals surface area contributed by atoms with Gasteiger partial charge in [0.25, 0.3) is 0 Å². The van der Waals surface area contributed by atoms with Gasteiger partial charge in [-0.2, -0.15) is 0 Å². The summed E-state index contributed by atoms with van der Waals surface area (Å²) in [5, 5.41) is 0.922. The van der Waals surface area contributed by atoms with Crippen molar-refractivity contribution >= 4 is 29.1 Å². The van der Waals surface area contributed by atoms with Crippen LogP contribution in [0.15, 0.2) is 10.5 Å². The van der Waals surface area contributed by atoms with Gasteiger partial charge in [0, 0.05) is 11.6 Å². The third kappa shape index (κ3) is 1.89. The minimum Gasteiger partial charge on any atom is -0.496 e. The van der Waals surface area contributed by atoms with Crippen molar-refractivity contribution in [1.29, 1.82) is 0 Å². The van der Waals surface area contributed by atoms with Crippen LogP contribution in [0, 0.1) is 13.8 Å². The Morgan fingerprint density at radius 1 is 1.18 bits per heavy atom. The number of rotatable bonds is 2. The van der Waals surface area contributed by atoms with Gasteiger partial charge in [-0.25, -0.2) is 0 Å². The number of halogens is 1. The number of fused-ring (bicyclic) bond motifs is 1. The van der Waals surface area contributed by atoms with Gasteiger partial charge in [-0.1, -0.05) is 0 Å². The molecule has 0 aliphatic heterocycles. The molecule has 1 heterocycles. The van der Waals surface area contributed by atoms with E-state index in [0.717, 1.165) is 16.7 Å². The van der Waals surface area contributed by atoms with E-state index < -0.39 is 0 Å². The van der Waals surface area contributed by atoms with Crippen LogP contribution in [-0.2, 0) is 0 Å². The maximum atomic E-state index is 5.87. The zero-order valence-corrected chi connectivity index (χ0v) is 11.1. The van der Waals surface area contributed by atoms with E-state index in [9.17, 15) is 0 Å². The molecule has 5 heteroatoms. The normalized spacial score (nSPS) is 10.1. The lowest BCUT2D eigenvalue weighted by molar-refractivity contribution is 0.404. The van der Waals surface area contributed by atoms with Gasteiger partial charge in [0.2, 0.25) is 0 Å². The fourth-order valence-electron chi connectivity index (χ4n) is 1.87. The highest BCUT2D eigenvalue weighted by Gasteiger charge is 2.18. The van der Waals surface area contributed by atoms with Crippen LogP contribution in [0.5, 0.6) is 11.5 Å². The molecule has 1 aromatic heterocycles. The first-order valence-electron chi connectivity index (χ1n) is 5.00. The van der Waals surface area contributed by atoms with E-state index in [1.807, 2.05) is 13.8 Å². The van der Waals surface area contributed by atoms with Gasteiger partial charge in [0.15, 0.2) is 11.3 Å². The van der Waals surface area contributed by atoms with E-state index in [2.05, 4.69) is 0 Å². The van der Waals surface area contributed by atoms with Crippen molar-refractivity contribution in [3.63, 3.8) is 0 Å². The molecule has 0 atom stereocenters. The van der Waals surface area contributed by atoms with Crippen molar-refractivity contribution in [3.05, 3.63) is 17.4 Å². The zero-order valence-electron chi connectivity index (χ0n) is 10.3. The Labute approximate surface area is 106 Å². The van der Waals surface area contributed by atoms with Crippen LogP contribution in [0.25, 0.3) is 11.0 Å². The maximum Gasteiger partial charge on any atom is 0.185 e. The number of ether oxygens (including phenoxy) is 2. The fraction of sp³-hybridized carbons (Fsp3) is 0.333. The Hall–Kier alpha value is -1.55. The Bertz CT molecular complexity index is 548. The molecule has 0 amide bonds. The Morgan fingerprint density at radius 3 is 2.35 bits per heavy atom. The molecule has 0 unspecified atom stereocenters. The number of anilines is 1. The first-order chi connectivity index (χ1) is 7.60. The quantitative estimate of drug-likeness (QED) is 0.840. The van der Waals surface area contributed by atoms with E-state index in [4.69, 9.17) is 19.6 Å². The van der Waals surface area contributed by atoms with Crippen LogP contribution in [0.2, 0.25) is 0 Å². The molecule has 0 aliphatic carbocycles. The number of nitrogen functional groups attached to an aromatic ring is 1. The van der Waals surface area contributed by atoms with Gasteiger partial charge in [-0.3, -0.25) is 0 Å². The standard InChI is InChI=1S/C12H15NO3.ClH/c1-6-7(2)16-12-10(6)9(14-3)5-8(13)11(12)15-4;/h5H,13H2,1-4H3;1H. The third-order valence-corrected chi connectivity index (χ3v) is 2.81. The van der Waals surface area contributed by atoms with Gasteiger partial charge in [0.05, 0.1) is 25.3 Å². The first kappa shape index (κ1) is 13.5. The number of furan rings is 1. The Kier molecular flexibility index (Phi) is 3.78. The number of methoxy groups -OCH3 is 2. The second-order valence-corrected chi connectivity index (χ2v) is 3.69. The van der Waals surface area contributed by atoms with Crippen LogP contribution in [0.4, 0.5) is 5.69 Å². The Balaban J connectivity index is 0.00000144. The molecule has 0 spiro atoms. The van der Waals surface area contributed by atoms with Gasteiger partial charge >= 0.3 is 0 Å². The highest BCUT2D eigenvalue weighted by atomic mass is 35.5. The molecule has 0 fully saturated rings. The van der Waals surface area contributed by atoms with Crippen LogP contribution in [0.1, 0.15) is 11.3 Å². The molecule has 17 heavy (non-hydrogen) atoms. The van der Waals surface area contributed by atoms with E-state index >= 15 is 0 Å². The van der Waals surface area contributed by atoms with Crippen molar-refractivity contribution in [2.24, 2.45) is 0 Å². The summed E-state index contributed by atoms with van der Waals surface area (Å²) in [6, 6.07) is 1.75. The van der Waals surface area contributed by atoms with Gasteiger partial charge in [-0.05, 0) is 13.8 Å². The predicted octanol–water partition coefficient (Wildman–Crippen LogP) is 3.07. The summed E-state index contributed by atoms with van der Waals surface area (Å²) in [6.07, 6.45) is 0. The topological polar surface area (TPSA) is 57.6 Å². The second kappa shape index (κ2) is 4.75. The lowest BCUT2D eigenvalue weighted by Crippen LogP contribution is -1.95. The lowest BCUT2D eigenvalue weighted by Gasteiger charge is -2.08. The molecule has 0 saturated heterocycles. The summed E-state index contributed by atoms with van der Waals surface area (Å²) >= 11 is 0. The predicted molar refractivity (Wildman–Crippen MR) is 70.5 cm³/mol. The maximum absolute atomic E-state index is 5.87. The summed E-state index contributed by atoms with van der Waals surface area (Å²) < 4.78 is 16.2. The van der Waals surface area contributed by atoms with Crippen molar-refractivity contribution in [2.75, 3.05) is 20.0 Å². The summed E-state index contributed by atoms with van der Waals surface area (Å²) in [5.41, 5.74) is 8.08. The molecule has 0 bridgehead atoms. The van der Waals surface area contributed by atoms with E-state index in [1.54, 1.807) is 20.3 Å². The molecule has 0 radical (unpaired) electrons. The summed E-state index contributed by atoms with van der Waals surface area (Å²) in [5.74, 6) is 2.12. The van der Waals surface area contributed by atoms with E-state index in [0.29, 0.717) is 22.8 Å². The molecule has 4 nitrogen and oxygen atoms in total. The van der Waals surface area contributed by atoms with E-state index in [-0.39, 0.29) is 12.4 Å². The molecule has 2 aromatic rings. The number of hydrogen-bond acceptors (Lipinski definition) is 4. The number of aryl methyl sites for hydroxylation is 2. The van der Waals surface area contributed by atoms with Crippen LogP contribution >= 0.6 is 12.4 Å². The summed E-state index contributed by atoms with van der Waals surface area (Å²) in [6.45, 7) is 3.89. The largest absolute Gasteiger partial charge is 0.496 e. The molecular formula is C12H16ClNO3.